The van der Waals surface area contributed by atoms with Gasteiger partial charge in [-0.3, -0.25) is 19.2 Å². The second kappa shape index (κ2) is 14.2. The minimum atomic E-state index is -1.68. The Labute approximate surface area is 203 Å². The van der Waals surface area contributed by atoms with Crippen LogP contribution in [0.5, 0.6) is 0 Å². The average Bonchev–Trinajstić information content (AvgIpc) is 2.80. The second-order valence-electron chi connectivity index (χ2n) is 7.91. The summed E-state index contributed by atoms with van der Waals surface area (Å²) in [6.45, 7) is 3.57. The standard InChI is InChI=1S/C22H32N4O7S/c1-3-12(2)18(26-19(29)14(23)11-34)21(31)24-15(9-13-7-5-4-6-8-13)20(30)25-16(22(32)33)10-17(27)28/h4-8,12,14-16,18,34H,3,9-11,23H2,1-2H3,(H,24,31)(H,25,30)(H,26,29)(H,27,28)(H,32,33). The molecule has 1 rings (SSSR count). The maximum atomic E-state index is 13.1. The lowest BCUT2D eigenvalue weighted by Crippen LogP contribution is -2.59. The number of hydrogen-bond acceptors (Lipinski definition) is 7. The van der Waals surface area contributed by atoms with Crippen LogP contribution in [0.1, 0.15) is 32.3 Å². The molecule has 188 valence electrons. The summed E-state index contributed by atoms with van der Waals surface area (Å²) in [5.74, 6) is -5.27. The van der Waals surface area contributed by atoms with Crippen LogP contribution in [0.2, 0.25) is 0 Å². The number of carbonyl (C=O) groups is 5. The van der Waals surface area contributed by atoms with Crippen molar-refractivity contribution in [3.8, 4) is 0 Å². The number of benzene rings is 1. The van der Waals surface area contributed by atoms with Crippen molar-refractivity contribution >= 4 is 42.3 Å². The molecule has 0 saturated heterocycles. The summed E-state index contributed by atoms with van der Waals surface area (Å²) in [5.41, 5.74) is 6.37. The number of nitrogens with one attached hydrogen (secondary N) is 3. The first kappa shape index (κ1) is 28.9. The minimum Gasteiger partial charge on any atom is -0.481 e. The van der Waals surface area contributed by atoms with Gasteiger partial charge in [-0.1, -0.05) is 50.6 Å². The molecule has 0 aliphatic heterocycles. The smallest absolute Gasteiger partial charge is 0.326 e. The first-order valence-corrected chi connectivity index (χ1v) is 11.4. The Morgan fingerprint density at radius 3 is 2.03 bits per heavy atom. The van der Waals surface area contributed by atoms with Crippen molar-refractivity contribution in [2.45, 2.75) is 57.3 Å². The Kier molecular flexibility index (Phi) is 12.1. The van der Waals surface area contributed by atoms with Gasteiger partial charge in [0.1, 0.15) is 18.1 Å². The van der Waals surface area contributed by atoms with Gasteiger partial charge in [-0.15, -0.1) is 0 Å². The molecule has 0 bridgehead atoms. The van der Waals surface area contributed by atoms with Crippen molar-refractivity contribution in [1.82, 2.24) is 16.0 Å². The summed E-state index contributed by atoms with van der Waals surface area (Å²) < 4.78 is 0. The molecule has 0 radical (unpaired) electrons. The van der Waals surface area contributed by atoms with Gasteiger partial charge in [0.15, 0.2) is 0 Å². The molecule has 3 amide bonds. The summed E-state index contributed by atoms with van der Waals surface area (Å²) in [6.07, 6.45) is -0.293. The predicted octanol–water partition coefficient (Wildman–Crippen LogP) is -0.454. The fraction of sp³-hybridized carbons (Fsp3) is 0.500. The molecule has 34 heavy (non-hydrogen) atoms. The molecule has 1 aromatic rings. The van der Waals surface area contributed by atoms with E-state index in [2.05, 4.69) is 28.6 Å². The summed E-state index contributed by atoms with van der Waals surface area (Å²) in [6, 6.07) is 3.82. The van der Waals surface area contributed by atoms with Gasteiger partial charge in [0, 0.05) is 12.2 Å². The van der Waals surface area contributed by atoms with E-state index in [4.69, 9.17) is 10.8 Å². The van der Waals surface area contributed by atoms with Crippen LogP contribution >= 0.6 is 12.6 Å². The molecule has 12 heteroatoms. The number of nitrogens with two attached hydrogens (primary N) is 1. The molecule has 11 nitrogen and oxygen atoms in total. The van der Waals surface area contributed by atoms with Crippen molar-refractivity contribution in [3.63, 3.8) is 0 Å². The molecule has 0 aliphatic carbocycles. The van der Waals surface area contributed by atoms with Crippen LogP contribution in [0.3, 0.4) is 0 Å². The van der Waals surface area contributed by atoms with Crippen molar-refractivity contribution in [2.75, 3.05) is 5.75 Å². The molecule has 5 atom stereocenters. The Bertz CT molecular complexity index is 868. The molecular formula is C22H32N4O7S. The zero-order chi connectivity index (χ0) is 25.8. The van der Waals surface area contributed by atoms with Crippen LogP contribution in [0.4, 0.5) is 0 Å². The van der Waals surface area contributed by atoms with Crippen molar-refractivity contribution in [1.29, 1.82) is 0 Å². The molecule has 1 aromatic carbocycles. The number of rotatable bonds is 14. The summed E-state index contributed by atoms with van der Waals surface area (Å²) in [5, 5.41) is 25.5. The lowest BCUT2D eigenvalue weighted by Gasteiger charge is -2.27. The van der Waals surface area contributed by atoms with E-state index in [1.807, 2.05) is 6.92 Å². The van der Waals surface area contributed by atoms with Crippen LogP contribution in [0, 0.1) is 5.92 Å². The van der Waals surface area contributed by atoms with E-state index in [1.165, 1.54) is 0 Å². The van der Waals surface area contributed by atoms with Crippen molar-refractivity contribution in [2.24, 2.45) is 11.7 Å². The largest absolute Gasteiger partial charge is 0.481 e. The highest BCUT2D eigenvalue weighted by molar-refractivity contribution is 7.80. The van der Waals surface area contributed by atoms with Crippen LogP contribution in [-0.4, -0.2) is 69.8 Å². The summed E-state index contributed by atoms with van der Waals surface area (Å²) in [4.78, 5) is 60.7. The monoisotopic (exact) mass is 496 g/mol. The van der Waals surface area contributed by atoms with Crippen LogP contribution in [-0.2, 0) is 30.4 Å². The molecule has 0 aliphatic rings. The van der Waals surface area contributed by atoms with Gasteiger partial charge in [0.25, 0.3) is 0 Å². The first-order chi connectivity index (χ1) is 16.0. The molecule has 5 unspecified atom stereocenters. The zero-order valence-electron chi connectivity index (χ0n) is 19.1. The van der Waals surface area contributed by atoms with Gasteiger partial charge in [0.05, 0.1) is 12.5 Å². The number of carboxylic acid groups (broad SMARTS) is 2. The van der Waals surface area contributed by atoms with Gasteiger partial charge >= 0.3 is 11.9 Å². The van der Waals surface area contributed by atoms with Crippen molar-refractivity contribution in [3.05, 3.63) is 35.9 Å². The summed E-state index contributed by atoms with van der Waals surface area (Å²) in [7, 11) is 0. The Morgan fingerprint density at radius 2 is 1.53 bits per heavy atom. The van der Waals surface area contributed by atoms with Crippen LogP contribution in [0.25, 0.3) is 0 Å². The molecule has 0 spiro atoms. The third-order valence-corrected chi connectivity index (χ3v) is 5.63. The third kappa shape index (κ3) is 9.40. The molecule has 0 aromatic heterocycles. The van der Waals surface area contributed by atoms with Gasteiger partial charge in [0.2, 0.25) is 17.7 Å². The van der Waals surface area contributed by atoms with Gasteiger partial charge in [-0.2, -0.15) is 12.6 Å². The van der Waals surface area contributed by atoms with E-state index >= 15 is 0 Å². The second-order valence-corrected chi connectivity index (χ2v) is 8.27. The van der Waals surface area contributed by atoms with E-state index in [1.54, 1.807) is 37.3 Å². The highest BCUT2D eigenvalue weighted by Crippen LogP contribution is 2.11. The van der Waals surface area contributed by atoms with Gasteiger partial charge < -0.3 is 31.9 Å². The minimum absolute atomic E-state index is 0.00908. The zero-order valence-corrected chi connectivity index (χ0v) is 20.0. The number of carbonyl (C=O) groups excluding carboxylic acids is 3. The number of amides is 3. The number of carboxylic acids is 2. The fourth-order valence-corrected chi connectivity index (χ4v) is 3.18. The SMILES string of the molecule is CCC(C)C(NC(=O)C(N)CS)C(=O)NC(Cc1ccccc1)C(=O)NC(CC(=O)O)C(=O)O. The maximum Gasteiger partial charge on any atom is 0.326 e. The number of hydrogen-bond donors (Lipinski definition) is 7. The van der Waals surface area contributed by atoms with E-state index < -0.39 is 60.2 Å². The third-order valence-electron chi connectivity index (χ3n) is 5.24. The van der Waals surface area contributed by atoms with E-state index in [-0.39, 0.29) is 18.1 Å². The quantitative estimate of drug-likeness (QED) is 0.169. The molecule has 0 saturated carbocycles. The molecule has 0 heterocycles. The average molecular weight is 497 g/mol. The lowest BCUT2D eigenvalue weighted by molar-refractivity contribution is -0.147. The van der Waals surface area contributed by atoms with Crippen LogP contribution < -0.4 is 21.7 Å². The van der Waals surface area contributed by atoms with Crippen molar-refractivity contribution < 1.29 is 34.2 Å². The van der Waals surface area contributed by atoms with E-state index in [0.29, 0.717) is 12.0 Å². The Morgan fingerprint density at radius 1 is 0.941 bits per heavy atom. The van der Waals surface area contributed by atoms with Gasteiger partial charge in [-0.05, 0) is 11.5 Å². The topological polar surface area (TPSA) is 188 Å². The Balaban J connectivity index is 3.15. The molecule has 7 N–H and O–H groups in total. The number of aliphatic carboxylic acids is 2. The molecule has 0 fully saturated rings. The fourth-order valence-electron chi connectivity index (χ4n) is 3.01. The van der Waals surface area contributed by atoms with E-state index in [9.17, 15) is 29.1 Å². The first-order valence-electron chi connectivity index (χ1n) is 10.8. The highest BCUT2D eigenvalue weighted by Gasteiger charge is 2.33. The van der Waals surface area contributed by atoms with Crippen LogP contribution in [0.15, 0.2) is 30.3 Å². The maximum absolute atomic E-state index is 13.1. The normalized spacial score (nSPS) is 15.2. The van der Waals surface area contributed by atoms with E-state index in [0.717, 1.165) is 0 Å². The highest BCUT2D eigenvalue weighted by atomic mass is 32.1. The lowest BCUT2D eigenvalue weighted by atomic mass is 9.96. The Hall–Kier alpha value is -3.12. The number of thiol groups is 1. The molecular weight excluding hydrogens is 464 g/mol. The van der Waals surface area contributed by atoms with Gasteiger partial charge in [-0.25, -0.2) is 4.79 Å². The predicted molar refractivity (Wildman–Crippen MR) is 127 cm³/mol. The summed E-state index contributed by atoms with van der Waals surface area (Å²) >= 11 is 3.98.